The first-order valence-corrected chi connectivity index (χ1v) is 7.03. The quantitative estimate of drug-likeness (QED) is 0.769. The van der Waals surface area contributed by atoms with E-state index in [-0.39, 0.29) is 30.0 Å². The van der Waals surface area contributed by atoms with Gasteiger partial charge in [0.2, 0.25) is 6.79 Å². The fourth-order valence-electron chi connectivity index (χ4n) is 2.00. The van der Waals surface area contributed by atoms with Crippen LogP contribution in [0.15, 0.2) is 34.8 Å². The maximum atomic E-state index is 13.8. The molecule has 3 rings (SSSR count). The van der Waals surface area contributed by atoms with Crippen molar-refractivity contribution in [3.63, 3.8) is 0 Å². The Morgan fingerprint density at radius 2 is 1.86 bits per heavy atom. The normalized spacial score (nSPS) is 12.7. The van der Waals surface area contributed by atoms with Crippen molar-refractivity contribution in [2.24, 2.45) is 0 Å². The number of hydrogen-bond donors (Lipinski definition) is 0. The van der Waals surface area contributed by atoms with Crippen LogP contribution in [0, 0.1) is 11.6 Å². The Balaban J connectivity index is 1.65. The molecular weight excluding hydrogens is 346 g/mol. The van der Waals surface area contributed by atoms with E-state index in [9.17, 15) is 8.78 Å². The summed E-state index contributed by atoms with van der Waals surface area (Å²) in [7, 11) is 0. The van der Waals surface area contributed by atoms with Gasteiger partial charge in [-0.05, 0) is 45.8 Å². The van der Waals surface area contributed by atoms with Gasteiger partial charge in [0, 0.05) is 0 Å². The van der Waals surface area contributed by atoms with E-state index in [1.54, 1.807) is 12.1 Å². The van der Waals surface area contributed by atoms with Crippen molar-refractivity contribution < 1.29 is 23.0 Å². The molecule has 3 nitrogen and oxygen atoms in total. The molecule has 0 aliphatic carbocycles. The lowest BCUT2D eigenvalue weighted by Gasteiger charge is -2.08. The molecule has 0 saturated carbocycles. The summed E-state index contributed by atoms with van der Waals surface area (Å²) in [5, 5.41) is 0. The molecule has 0 N–H and O–H groups in total. The number of benzene rings is 2. The lowest BCUT2D eigenvalue weighted by atomic mass is 10.2. The first kappa shape index (κ1) is 14.3. The number of fused-ring (bicyclic) bond motifs is 1. The molecule has 0 atom stereocenters. The van der Waals surface area contributed by atoms with Crippen LogP contribution in [0.4, 0.5) is 8.78 Å². The molecule has 6 heteroatoms. The van der Waals surface area contributed by atoms with Gasteiger partial charge in [-0.3, -0.25) is 0 Å². The standard InChI is InChI=1S/C15H11BrF2O3/c16-11-2-3-12(17)10(15(11)18)7-19-6-9-1-4-13-14(5-9)21-8-20-13/h1-5H,6-8H2. The highest BCUT2D eigenvalue weighted by Crippen LogP contribution is 2.32. The lowest BCUT2D eigenvalue weighted by molar-refractivity contribution is 0.102. The van der Waals surface area contributed by atoms with Crippen LogP contribution in [0.3, 0.4) is 0 Å². The monoisotopic (exact) mass is 356 g/mol. The van der Waals surface area contributed by atoms with Crippen LogP contribution in [-0.2, 0) is 18.0 Å². The Hall–Kier alpha value is -1.66. The van der Waals surface area contributed by atoms with Gasteiger partial charge in [0.05, 0.1) is 23.2 Å². The second-order valence-electron chi connectivity index (χ2n) is 4.50. The maximum absolute atomic E-state index is 13.8. The van der Waals surface area contributed by atoms with Gasteiger partial charge < -0.3 is 14.2 Å². The van der Waals surface area contributed by atoms with E-state index in [0.717, 1.165) is 5.56 Å². The molecule has 0 unspecified atom stereocenters. The lowest BCUT2D eigenvalue weighted by Crippen LogP contribution is -2.01. The first-order chi connectivity index (χ1) is 10.1. The van der Waals surface area contributed by atoms with Crippen molar-refractivity contribution in [1.29, 1.82) is 0 Å². The zero-order valence-electron chi connectivity index (χ0n) is 10.9. The SMILES string of the molecule is Fc1ccc(Br)c(F)c1COCc1ccc2c(c1)OCO2. The Labute approximate surface area is 128 Å². The summed E-state index contributed by atoms with van der Waals surface area (Å²) in [4.78, 5) is 0. The molecule has 0 fully saturated rings. The van der Waals surface area contributed by atoms with E-state index in [1.165, 1.54) is 12.1 Å². The minimum Gasteiger partial charge on any atom is -0.454 e. The van der Waals surface area contributed by atoms with Gasteiger partial charge in [0.25, 0.3) is 0 Å². The summed E-state index contributed by atoms with van der Waals surface area (Å²) in [6, 6.07) is 7.91. The molecule has 110 valence electrons. The highest BCUT2D eigenvalue weighted by molar-refractivity contribution is 9.10. The molecule has 2 aromatic rings. The third-order valence-electron chi connectivity index (χ3n) is 3.09. The first-order valence-electron chi connectivity index (χ1n) is 6.24. The average Bonchev–Trinajstić information content (AvgIpc) is 2.94. The van der Waals surface area contributed by atoms with Crippen LogP contribution < -0.4 is 9.47 Å². The van der Waals surface area contributed by atoms with Gasteiger partial charge in [-0.2, -0.15) is 0 Å². The largest absolute Gasteiger partial charge is 0.454 e. The molecule has 1 aliphatic rings. The molecule has 0 amide bonds. The van der Waals surface area contributed by atoms with E-state index in [0.29, 0.717) is 11.5 Å². The van der Waals surface area contributed by atoms with Crippen LogP contribution in [0.5, 0.6) is 11.5 Å². The van der Waals surface area contributed by atoms with Crippen molar-refractivity contribution in [3.8, 4) is 11.5 Å². The zero-order valence-corrected chi connectivity index (χ0v) is 12.5. The van der Waals surface area contributed by atoms with Crippen LogP contribution in [0.25, 0.3) is 0 Å². The second kappa shape index (κ2) is 5.99. The predicted molar refractivity (Wildman–Crippen MR) is 75.1 cm³/mol. The molecule has 0 spiro atoms. The van der Waals surface area contributed by atoms with Crippen LogP contribution >= 0.6 is 15.9 Å². The number of halogens is 3. The van der Waals surface area contributed by atoms with Crippen molar-refractivity contribution in [3.05, 3.63) is 57.6 Å². The molecule has 1 heterocycles. The molecule has 2 aromatic carbocycles. The van der Waals surface area contributed by atoms with Gasteiger partial charge in [-0.15, -0.1) is 0 Å². The third kappa shape index (κ3) is 3.01. The number of rotatable bonds is 4. The summed E-state index contributed by atoms with van der Waals surface area (Å²) in [6.45, 7) is 0.279. The fourth-order valence-corrected chi connectivity index (χ4v) is 2.37. The Morgan fingerprint density at radius 1 is 1.05 bits per heavy atom. The smallest absolute Gasteiger partial charge is 0.231 e. The third-order valence-corrected chi connectivity index (χ3v) is 3.70. The zero-order chi connectivity index (χ0) is 14.8. The van der Waals surface area contributed by atoms with Crippen molar-refractivity contribution in [1.82, 2.24) is 0 Å². The van der Waals surface area contributed by atoms with Gasteiger partial charge in [0.15, 0.2) is 11.5 Å². The van der Waals surface area contributed by atoms with Gasteiger partial charge >= 0.3 is 0 Å². The molecule has 0 saturated heterocycles. The Bertz CT molecular complexity index is 676. The fraction of sp³-hybridized carbons (Fsp3) is 0.200. The average molecular weight is 357 g/mol. The predicted octanol–water partition coefficient (Wildman–Crippen LogP) is 4.17. The van der Waals surface area contributed by atoms with Gasteiger partial charge in [0.1, 0.15) is 11.6 Å². The second-order valence-corrected chi connectivity index (χ2v) is 5.36. The van der Waals surface area contributed by atoms with Crippen molar-refractivity contribution in [2.75, 3.05) is 6.79 Å². The minimum absolute atomic E-state index is 0.0925. The number of ether oxygens (including phenoxy) is 3. The minimum atomic E-state index is -0.638. The molecule has 21 heavy (non-hydrogen) atoms. The summed E-state index contributed by atoms with van der Waals surface area (Å²) >= 11 is 3.02. The van der Waals surface area contributed by atoms with E-state index in [2.05, 4.69) is 15.9 Å². The van der Waals surface area contributed by atoms with Gasteiger partial charge in [-0.25, -0.2) is 8.78 Å². The van der Waals surface area contributed by atoms with Gasteiger partial charge in [-0.1, -0.05) is 6.07 Å². The number of hydrogen-bond acceptors (Lipinski definition) is 3. The van der Waals surface area contributed by atoms with Crippen LogP contribution in [-0.4, -0.2) is 6.79 Å². The summed E-state index contributed by atoms with van der Waals surface area (Å²) in [5.41, 5.74) is 0.750. The van der Waals surface area contributed by atoms with Crippen LogP contribution in [0.1, 0.15) is 11.1 Å². The van der Waals surface area contributed by atoms with E-state index >= 15 is 0 Å². The highest BCUT2D eigenvalue weighted by Gasteiger charge is 2.14. The molecule has 0 bridgehead atoms. The molecular formula is C15H11BrF2O3. The topological polar surface area (TPSA) is 27.7 Å². The molecule has 0 aromatic heterocycles. The summed E-state index contributed by atoms with van der Waals surface area (Å²) in [6.07, 6.45) is 0. The molecule has 0 radical (unpaired) electrons. The highest BCUT2D eigenvalue weighted by atomic mass is 79.9. The van der Waals surface area contributed by atoms with E-state index < -0.39 is 11.6 Å². The Morgan fingerprint density at radius 3 is 2.71 bits per heavy atom. The van der Waals surface area contributed by atoms with Crippen LogP contribution in [0.2, 0.25) is 0 Å². The van der Waals surface area contributed by atoms with E-state index in [1.807, 2.05) is 6.07 Å². The summed E-state index contributed by atoms with van der Waals surface area (Å²) < 4.78 is 43.4. The van der Waals surface area contributed by atoms with Crippen molar-refractivity contribution in [2.45, 2.75) is 13.2 Å². The van der Waals surface area contributed by atoms with Crippen molar-refractivity contribution >= 4 is 15.9 Å². The Kier molecular flexibility index (Phi) is 4.07. The molecule has 1 aliphatic heterocycles. The maximum Gasteiger partial charge on any atom is 0.231 e. The summed E-state index contributed by atoms with van der Waals surface area (Å²) in [5.74, 6) is 0.0702. The van der Waals surface area contributed by atoms with E-state index in [4.69, 9.17) is 14.2 Å².